The largest absolute Gasteiger partial charge is 0.469 e. The highest BCUT2D eigenvalue weighted by atomic mass is 19.4. The number of ether oxygens (including phenoxy) is 1. The summed E-state index contributed by atoms with van der Waals surface area (Å²) in [6.07, 6.45) is -4.57. The maximum absolute atomic E-state index is 12.9. The molecule has 1 N–H and O–H groups in total. The number of nitrogens with one attached hydrogen (secondary N) is 1. The van der Waals surface area contributed by atoms with Gasteiger partial charge in [-0.2, -0.15) is 13.2 Å². The third kappa shape index (κ3) is 4.97. The molecule has 11 heteroatoms. The monoisotopic (exact) mass is 461 g/mol. The Balaban J connectivity index is 1.47. The molecule has 0 spiro atoms. The summed E-state index contributed by atoms with van der Waals surface area (Å²) in [4.78, 5) is 41.8. The van der Waals surface area contributed by atoms with Crippen molar-refractivity contribution in [3.63, 3.8) is 0 Å². The highest BCUT2D eigenvalue weighted by molar-refractivity contribution is 5.98. The normalized spacial score (nSPS) is 16.1. The summed E-state index contributed by atoms with van der Waals surface area (Å²) in [6, 6.07) is 12.0. The molecule has 8 nitrogen and oxygen atoms in total. The van der Waals surface area contributed by atoms with Crippen LogP contribution in [0.2, 0.25) is 0 Å². The minimum atomic E-state index is -4.93. The van der Waals surface area contributed by atoms with Gasteiger partial charge in [-0.3, -0.25) is 9.69 Å². The van der Waals surface area contributed by atoms with Gasteiger partial charge < -0.3 is 14.5 Å². The van der Waals surface area contributed by atoms with Crippen LogP contribution >= 0.6 is 0 Å². The number of aromatic nitrogens is 1. The van der Waals surface area contributed by atoms with Crippen LogP contribution in [0, 0.1) is 0 Å². The first-order valence-corrected chi connectivity index (χ1v) is 10.0. The Bertz CT molecular complexity index is 1240. The SMILES string of the molecule is O=C(Nc1ccc2c(=O)oc(C(F)(F)F)nc2c1)[C@@H]1CCCN1C(=O)OCc1ccccc1. The molecule has 0 saturated carbocycles. The lowest BCUT2D eigenvalue weighted by atomic mass is 10.2. The molecule has 1 saturated heterocycles. The fourth-order valence-corrected chi connectivity index (χ4v) is 3.56. The van der Waals surface area contributed by atoms with Gasteiger partial charge >= 0.3 is 23.8 Å². The Hall–Kier alpha value is -3.89. The summed E-state index contributed by atoms with van der Waals surface area (Å²) in [5.74, 6) is -2.20. The molecule has 2 aromatic carbocycles. The average molecular weight is 461 g/mol. The Morgan fingerprint density at radius 3 is 2.67 bits per heavy atom. The number of hydrogen-bond donors (Lipinski definition) is 1. The van der Waals surface area contributed by atoms with Gasteiger partial charge in [0.2, 0.25) is 5.91 Å². The van der Waals surface area contributed by atoms with Crippen molar-refractivity contribution < 1.29 is 31.9 Å². The summed E-state index contributed by atoms with van der Waals surface area (Å²) in [6.45, 7) is 0.395. The van der Waals surface area contributed by atoms with Crippen molar-refractivity contribution >= 4 is 28.6 Å². The minimum absolute atomic E-state index is 0.0605. The van der Waals surface area contributed by atoms with E-state index >= 15 is 0 Å². The zero-order valence-electron chi connectivity index (χ0n) is 17.1. The fourth-order valence-electron chi connectivity index (χ4n) is 3.56. The molecule has 1 fully saturated rings. The van der Waals surface area contributed by atoms with E-state index in [1.165, 1.54) is 17.0 Å². The van der Waals surface area contributed by atoms with Gasteiger partial charge in [-0.25, -0.2) is 14.6 Å². The Morgan fingerprint density at radius 2 is 1.94 bits per heavy atom. The second-order valence-corrected chi connectivity index (χ2v) is 7.42. The number of benzene rings is 2. The number of hydrogen-bond acceptors (Lipinski definition) is 6. The van der Waals surface area contributed by atoms with E-state index < -0.39 is 35.7 Å². The number of carbonyl (C=O) groups is 2. The maximum atomic E-state index is 12.9. The zero-order chi connectivity index (χ0) is 23.6. The average Bonchev–Trinajstić information content (AvgIpc) is 3.27. The van der Waals surface area contributed by atoms with Gasteiger partial charge in [0.05, 0.1) is 10.9 Å². The molecule has 1 aliphatic heterocycles. The summed E-state index contributed by atoms with van der Waals surface area (Å²) in [7, 11) is 0. The lowest BCUT2D eigenvalue weighted by molar-refractivity contribution is -0.158. The molecule has 1 aliphatic rings. The number of likely N-dealkylation sites (tertiary alicyclic amines) is 1. The van der Waals surface area contributed by atoms with Crippen LogP contribution in [0.5, 0.6) is 0 Å². The van der Waals surface area contributed by atoms with Crippen molar-refractivity contribution in [2.24, 2.45) is 0 Å². The number of alkyl halides is 3. The number of nitrogens with zero attached hydrogens (tertiary/aromatic N) is 2. The van der Waals surface area contributed by atoms with E-state index in [1.54, 1.807) is 12.1 Å². The topological polar surface area (TPSA) is 102 Å². The number of carbonyl (C=O) groups excluding carboxylic acids is 2. The highest BCUT2D eigenvalue weighted by Gasteiger charge is 2.37. The van der Waals surface area contributed by atoms with Crippen molar-refractivity contribution in [2.45, 2.75) is 31.7 Å². The lowest BCUT2D eigenvalue weighted by Gasteiger charge is -2.23. The molecular formula is C22H18F3N3O5. The van der Waals surface area contributed by atoms with Gasteiger partial charge in [-0.05, 0) is 36.6 Å². The second-order valence-electron chi connectivity index (χ2n) is 7.42. The smallest absolute Gasteiger partial charge is 0.445 e. The third-order valence-corrected chi connectivity index (χ3v) is 5.13. The van der Waals surface area contributed by atoms with Crippen LogP contribution in [0.25, 0.3) is 10.9 Å². The minimum Gasteiger partial charge on any atom is -0.445 e. The van der Waals surface area contributed by atoms with Crippen LogP contribution in [-0.2, 0) is 22.3 Å². The molecule has 0 unspecified atom stereocenters. The molecule has 0 radical (unpaired) electrons. The van der Waals surface area contributed by atoms with Crippen molar-refractivity contribution in [2.75, 3.05) is 11.9 Å². The molecular weight excluding hydrogens is 443 g/mol. The Labute approximate surface area is 185 Å². The number of fused-ring (bicyclic) bond motifs is 1. The van der Waals surface area contributed by atoms with Crippen LogP contribution in [0.15, 0.2) is 57.7 Å². The Morgan fingerprint density at radius 1 is 1.18 bits per heavy atom. The predicted molar refractivity (Wildman–Crippen MR) is 110 cm³/mol. The van der Waals surface area contributed by atoms with E-state index in [1.807, 2.05) is 18.2 Å². The van der Waals surface area contributed by atoms with Crippen molar-refractivity contribution in [3.05, 3.63) is 70.4 Å². The summed E-state index contributed by atoms with van der Waals surface area (Å²) < 4.78 is 48.2. The van der Waals surface area contributed by atoms with E-state index in [2.05, 4.69) is 14.7 Å². The molecule has 2 amide bonds. The van der Waals surface area contributed by atoms with Gasteiger partial charge in [-0.15, -0.1) is 0 Å². The van der Waals surface area contributed by atoms with Gasteiger partial charge in [0.15, 0.2) is 0 Å². The second kappa shape index (κ2) is 8.93. The lowest BCUT2D eigenvalue weighted by Crippen LogP contribution is -2.43. The van der Waals surface area contributed by atoms with Gasteiger partial charge in [0, 0.05) is 12.2 Å². The van der Waals surface area contributed by atoms with E-state index in [9.17, 15) is 27.6 Å². The first-order valence-electron chi connectivity index (χ1n) is 10.0. The molecule has 1 atom stereocenters. The molecule has 3 aromatic rings. The molecule has 1 aromatic heterocycles. The van der Waals surface area contributed by atoms with Crippen LogP contribution in [-0.4, -0.2) is 34.5 Å². The highest BCUT2D eigenvalue weighted by Crippen LogP contribution is 2.28. The molecule has 172 valence electrons. The molecule has 2 heterocycles. The van der Waals surface area contributed by atoms with Crippen molar-refractivity contribution in [3.8, 4) is 0 Å². The first-order chi connectivity index (χ1) is 15.7. The van der Waals surface area contributed by atoms with E-state index in [0.717, 1.165) is 11.6 Å². The van der Waals surface area contributed by atoms with E-state index in [0.29, 0.717) is 19.4 Å². The molecule has 4 rings (SSSR count). The van der Waals surface area contributed by atoms with Crippen LogP contribution < -0.4 is 10.9 Å². The number of rotatable bonds is 4. The van der Waals surface area contributed by atoms with Gasteiger partial charge in [0.1, 0.15) is 12.6 Å². The summed E-state index contributed by atoms with van der Waals surface area (Å²) in [5, 5.41) is 2.41. The Kier molecular flexibility index (Phi) is 6.03. The zero-order valence-corrected chi connectivity index (χ0v) is 17.1. The molecule has 33 heavy (non-hydrogen) atoms. The fraction of sp³-hybridized carbons (Fsp3) is 0.273. The summed E-state index contributed by atoms with van der Waals surface area (Å²) in [5.41, 5.74) is -0.532. The number of amides is 2. The van der Waals surface area contributed by atoms with Crippen LogP contribution in [0.1, 0.15) is 24.3 Å². The first kappa shape index (κ1) is 22.3. The standard InChI is InChI=1S/C22H18F3N3O5/c23-22(24,25)20-27-16-11-14(8-9-15(16)19(30)33-20)26-18(29)17-7-4-10-28(17)21(31)32-12-13-5-2-1-3-6-13/h1-3,5-6,8-9,11,17H,4,7,10,12H2,(H,26,29)/t17-/m0/s1. The van der Waals surface area contributed by atoms with Gasteiger partial charge in [-0.1, -0.05) is 30.3 Å². The maximum Gasteiger partial charge on any atom is 0.469 e. The summed E-state index contributed by atoms with van der Waals surface area (Å²) >= 11 is 0. The molecule has 0 aliphatic carbocycles. The number of anilines is 1. The van der Waals surface area contributed by atoms with Crippen molar-refractivity contribution in [1.82, 2.24) is 9.88 Å². The molecule has 0 bridgehead atoms. The van der Waals surface area contributed by atoms with Crippen LogP contribution in [0.3, 0.4) is 0 Å². The predicted octanol–water partition coefficient (Wildman–Crippen LogP) is 3.95. The third-order valence-electron chi connectivity index (χ3n) is 5.13. The quantitative estimate of drug-likeness (QED) is 0.632. The van der Waals surface area contributed by atoms with E-state index in [4.69, 9.17) is 4.74 Å². The van der Waals surface area contributed by atoms with Crippen LogP contribution in [0.4, 0.5) is 23.7 Å². The van der Waals surface area contributed by atoms with Gasteiger partial charge in [0.25, 0.3) is 0 Å². The van der Waals surface area contributed by atoms with Crippen molar-refractivity contribution in [1.29, 1.82) is 0 Å². The van der Waals surface area contributed by atoms with E-state index in [-0.39, 0.29) is 23.2 Å². The number of halogens is 3.